The van der Waals surface area contributed by atoms with Crippen LogP contribution in [0.5, 0.6) is 5.75 Å². The smallest absolute Gasteiger partial charge is 0.255 e. The normalized spacial score (nSPS) is 10.2. The predicted molar refractivity (Wildman–Crippen MR) is 96.0 cm³/mol. The van der Waals surface area contributed by atoms with Gasteiger partial charge in [-0.2, -0.15) is 0 Å². The molecule has 1 amide bonds. The number of carbonyl (C=O) groups is 1. The fourth-order valence-electron chi connectivity index (χ4n) is 2.19. The lowest BCUT2D eigenvalue weighted by Crippen LogP contribution is -2.27. The molecule has 0 saturated carbocycles. The molecule has 0 saturated heterocycles. The molecule has 24 heavy (non-hydrogen) atoms. The SMILES string of the molecule is CCOc1ccc(Nc2ncccc2C(=O)NCCCNC)cc1. The van der Waals surface area contributed by atoms with Gasteiger partial charge >= 0.3 is 0 Å². The van der Waals surface area contributed by atoms with Crippen LogP contribution in [0.1, 0.15) is 23.7 Å². The van der Waals surface area contributed by atoms with Gasteiger partial charge in [0.05, 0.1) is 12.2 Å². The number of aromatic nitrogens is 1. The first-order chi connectivity index (χ1) is 11.7. The van der Waals surface area contributed by atoms with E-state index in [1.807, 2.05) is 38.2 Å². The van der Waals surface area contributed by atoms with Crippen molar-refractivity contribution >= 4 is 17.4 Å². The molecule has 2 rings (SSSR count). The maximum atomic E-state index is 12.3. The van der Waals surface area contributed by atoms with E-state index in [1.54, 1.807) is 18.3 Å². The average Bonchev–Trinajstić information content (AvgIpc) is 2.61. The molecule has 2 aromatic rings. The van der Waals surface area contributed by atoms with Gasteiger partial charge in [0.25, 0.3) is 5.91 Å². The summed E-state index contributed by atoms with van der Waals surface area (Å²) in [4.78, 5) is 16.6. The third kappa shape index (κ3) is 5.24. The Balaban J connectivity index is 2.03. The summed E-state index contributed by atoms with van der Waals surface area (Å²) in [6, 6.07) is 11.1. The van der Waals surface area contributed by atoms with E-state index in [0.717, 1.165) is 24.4 Å². The summed E-state index contributed by atoms with van der Waals surface area (Å²) in [5, 5.41) is 9.14. The maximum Gasteiger partial charge on any atom is 0.255 e. The molecule has 0 aliphatic carbocycles. The van der Waals surface area contributed by atoms with Gasteiger partial charge in [-0.1, -0.05) is 0 Å². The quantitative estimate of drug-likeness (QED) is 0.617. The van der Waals surface area contributed by atoms with Crippen LogP contribution in [0.25, 0.3) is 0 Å². The molecule has 1 heterocycles. The Hall–Kier alpha value is -2.60. The number of rotatable bonds is 9. The van der Waals surface area contributed by atoms with Crippen molar-refractivity contribution in [2.75, 3.05) is 32.1 Å². The summed E-state index contributed by atoms with van der Waals surface area (Å²) >= 11 is 0. The van der Waals surface area contributed by atoms with Crippen molar-refractivity contribution in [1.29, 1.82) is 0 Å². The number of hydrogen-bond donors (Lipinski definition) is 3. The third-order valence-corrected chi connectivity index (χ3v) is 3.37. The number of nitrogens with zero attached hydrogens (tertiary/aromatic N) is 1. The summed E-state index contributed by atoms with van der Waals surface area (Å²) < 4.78 is 5.42. The Kier molecular flexibility index (Phi) is 7.04. The molecular formula is C18H24N4O2. The number of pyridine rings is 1. The molecule has 1 aromatic heterocycles. The van der Waals surface area contributed by atoms with Crippen molar-refractivity contribution in [3.63, 3.8) is 0 Å². The lowest BCUT2D eigenvalue weighted by Gasteiger charge is -2.12. The number of anilines is 2. The fraction of sp³-hybridized carbons (Fsp3) is 0.333. The lowest BCUT2D eigenvalue weighted by atomic mass is 10.2. The number of nitrogens with one attached hydrogen (secondary N) is 3. The number of benzene rings is 1. The van der Waals surface area contributed by atoms with E-state index in [4.69, 9.17) is 4.74 Å². The van der Waals surface area contributed by atoms with E-state index in [-0.39, 0.29) is 5.91 Å². The first-order valence-electron chi connectivity index (χ1n) is 8.12. The van der Waals surface area contributed by atoms with Crippen LogP contribution in [0.4, 0.5) is 11.5 Å². The van der Waals surface area contributed by atoms with E-state index in [2.05, 4.69) is 20.9 Å². The monoisotopic (exact) mass is 328 g/mol. The van der Waals surface area contributed by atoms with Crippen molar-refractivity contribution < 1.29 is 9.53 Å². The molecule has 6 nitrogen and oxygen atoms in total. The second-order valence-electron chi connectivity index (χ2n) is 5.19. The standard InChI is InChI=1S/C18H24N4O2/c1-3-24-15-9-7-14(8-10-15)22-17-16(6-4-12-20-17)18(23)21-13-5-11-19-2/h4,6-10,12,19H,3,5,11,13H2,1-2H3,(H,20,22)(H,21,23). The molecular weight excluding hydrogens is 304 g/mol. The molecule has 3 N–H and O–H groups in total. The van der Waals surface area contributed by atoms with Crippen LogP contribution >= 0.6 is 0 Å². The van der Waals surface area contributed by atoms with E-state index < -0.39 is 0 Å². The van der Waals surface area contributed by atoms with Gasteiger partial charge in [-0.15, -0.1) is 0 Å². The highest BCUT2D eigenvalue weighted by atomic mass is 16.5. The van der Waals surface area contributed by atoms with Crippen LogP contribution in [-0.4, -0.2) is 37.6 Å². The third-order valence-electron chi connectivity index (χ3n) is 3.37. The highest BCUT2D eigenvalue weighted by Crippen LogP contribution is 2.21. The van der Waals surface area contributed by atoms with Crippen LogP contribution in [0.2, 0.25) is 0 Å². The molecule has 0 spiro atoms. The summed E-state index contributed by atoms with van der Waals surface area (Å²) in [5.41, 5.74) is 1.37. The highest BCUT2D eigenvalue weighted by molar-refractivity contribution is 5.99. The van der Waals surface area contributed by atoms with E-state index in [0.29, 0.717) is 24.5 Å². The fourth-order valence-corrected chi connectivity index (χ4v) is 2.19. The van der Waals surface area contributed by atoms with Crippen LogP contribution in [-0.2, 0) is 0 Å². The molecule has 128 valence electrons. The van der Waals surface area contributed by atoms with Crippen LogP contribution < -0.4 is 20.7 Å². The van der Waals surface area contributed by atoms with Crippen molar-refractivity contribution in [3.8, 4) is 5.75 Å². The van der Waals surface area contributed by atoms with Gasteiger partial charge in [-0.25, -0.2) is 4.98 Å². The Morgan fingerprint density at radius 3 is 2.67 bits per heavy atom. The minimum atomic E-state index is -0.132. The zero-order chi connectivity index (χ0) is 17.2. The topological polar surface area (TPSA) is 75.3 Å². The van der Waals surface area contributed by atoms with Crippen LogP contribution in [0.3, 0.4) is 0 Å². The highest BCUT2D eigenvalue weighted by Gasteiger charge is 2.12. The zero-order valence-electron chi connectivity index (χ0n) is 14.1. The molecule has 0 fully saturated rings. The van der Waals surface area contributed by atoms with Gasteiger partial charge in [-0.05, 0) is 63.3 Å². The molecule has 1 aromatic carbocycles. The number of carbonyl (C=O) groups excluding carboxylic acids is 1. The Bertz CT molecular complexity index is 644. The Morgan fingerprint density at radius 2 is 1.96 bits per heavy atom. The van der Waals surface area contributed by atoms with Gasteiger partial charge in [0.1, 0.15) is 11.6 Å². The molecule has 0 bridgehead atoms. The van der Waals surface area contributed by atoms with Gasteiger partial charge < -0.3 is 20.7 Å². The number of ether oxygens (including phenoxy) is 1. The number of hydrogen-bond acceptors (Lipinski definition) is 5. The molecule has 0 unspecified atom stereocenters. The Morgan fingerprint density at radius 1 is 1.17 bits per heavy atom. The molecule has 0 aliphatic heterocycles. The van der Waals surface area contributed by atoms with Crippen molar-refractivity contribution in [2.45, 2.75) is 13.3 Å². The number of amides is 1. The molecule has 0 radical (unpaired) electrons. The lowest BCUT2D eigenvalue weighted by molar-refractivity contribution is 0.0954. The minimum absolute atomic E-state index is 0.132. The van der Waals surface area contributed by atoms with E-state index >= 15 is 0 Å². The van der Waals surface area contributed by atoms with Crippen LogP contribution in [0, 0.1) is 0 Å². The first-order valence-corrected chi connectivity index (χ1v) is 8.12. The van der Waals surface area contributed by atoms with E-state index in [1.165, 1.54) is 0 Å². The molecule has 0 aliphatic rings. The summed E-state index contributed by atoms with van der Waals surface area (Å²) in [5.74, 6) is 1.21. The largest absolute Gasteiger partial charge is 0.494 e. The van der Waals surface area contributed by atoms with Gasteiger partial charge in [0, 0.05) is 18.4 Å². The predicted octanol–water partition coefficient (Wildman–Crippen LogP) is 2.56. The zero-order valence-corrected chi connectivity index (χ0v) is 14.1. The van der Waals surface area contributed by atoms with Crippen LogP contribution in [0.15, 0.2) is 42.6 Å². The minimum Gasteiger partial charge on any atom is -0.494 e. The summed E-state index contributed by atoms with van der Waals surface area (Å²) in [6.07, 6.45) is 2.54. The average molecular weight is 328 g/mol. The summed E-state index contributed by atoms with van der Waals surface area (Å²) in [6.45, 7) is 4.06. The second-order valence-corrected chi connectivity index (χ2v) is 5.19. The van der Waals surface area contributed by atoms with Crippen molar-refractivity contribution in [2.24, 2.45) is 0 Å². The maximum absolute atomic E-state index is 12.3. The van der Waals surface area contributed by atoms with Gasteiger partial charge in [0.15, 0.2) is 0 Å². The molecule has 0 atom stereocenters. The Labute approximate surface area is 142 Å². The molecule has 6 heteroatoms. The van der Waals surface area contributed by atoms with Crippen molar-refractivity contribution in [1.82, 2.24) is 15.6 Å². The van der Waals surface area contributed by atoms with Crippen molar-refractivity contribution in [3.05, 3.63) is 48.2 Å². The first kappa shape index (κ1) is 17.7. The summed E-state index contributed by atoms with van der Waals surface area (Å²) in [7, 11) is 1.89. The van der Waals surface area contributed by atoms with Gasteiger partial charge in [-0.3, -0.25) is 4.79 Å². The van der Waals surface area contributed by atoms with Gasteiger partial charge in [0.2, 0.25) is 0 Å². The van der Waals surface area contributed by atoms with E-state index in [9.17, 15) is 4.79 Å². The second kappa shape index (κ2) is 9.52.